The highest BCUT2D eigenvalue weighted by molar-refractivity contribution is 6.35. The number of rotatable bonds is 5. The molecule has 5 nitrogen and oxygen atoms in total. The number of halogens is 3. The Morgan fingerprint density at radius 1 is 1.38 bits per heavy atom. The standard InChI is InChI=1S/C16H15Cl2FN2O3/c1-3-6-24-16(22)14-12(18)10(20)7-11(21-14)8-4-5-9(17)15(23-2)13(8)19/h4-5,7H,3,6H2,1-2H3,(H2,20,21). The molecule has 0 aliphatic rings. The van der Waals surface area contributed by atoms with Crippen molar-refractivity contribution in [3.05, 3.63) is 39.8 Å². The van der Waals surface area contributed by atoms with Crippen molar-refractivity contribution < 1.29 is 18.7 Å². The van der Waals surface area contributed by atoms with Gasteiger partial charge in [-0.05, 0) is 24.6 Å². The zero-order chi connectivity index (χ0) is 17.9. The highest BCUT2D eigenvalue weighted by atomic mass is 35.5. The number of anilines is 1. The Hall–Kier alpha value is -2.05. The Balaban J connectivity index is 2.57. The summed E-state index contributed by atoms with van der Waals surface area (Å²) >= 11 is 11.9. The minimum Gasteiger partial charge on any atom is -0.492 e. The van der Waals surface area contributed by atoms with E-state index in [1.807, 2.05) is 6.92 Å². The quantitative estimate of drug-likeness (QED) is 0.789. The van der Waals surface area contributed by atoms with Gasteiger partial charge in [0.2, 0.25) is 0 Å². The van der Waals surface area contributed by atoms with Gasteiger partial charge in [-0.2, -0.15) is 0 Å². The molecule has 0 spiro atoms. The Bertz CT molecular complexity index is 784. The van der Waals surface area contributed by atoms with Crippen molar-refractivity contribution >= 4 is 34.9 Å². The fourth-order valence-corrected chi connectivity index (χ4v) is 2.40. The average molecular weight is 373 g/mol. The summed E-state index contributed by atoms with van der Waals surface area (Å²) in [6.07, 6.45) is 0.640. The number of hydrogen-bond donors (Lipinski definition) is 1. The first kappa shape index (κ1) is 18.3. The molecular formula is C16H15Cl2FN2O3. The van der Waals surface area contributed by atoms with Gasteiger partial charge in [0, 0.05) is 5.56 Å². The lowest BCUT2D eigenvalue weighted by atomic mass is 10.1. The number of methoxy groups -OCH3 is 1. The molecule has 0 unspecified atom stereocenters. The van der Waals surface area contributed by atoms with Gasteiger partial charge in [0.15, 0.2) is 17.3 Å². The zero-order valence-corrected chi connectivity index (χ0v) is 14.5. The second-order valence-electron chi connectivity index (χ2n) is 4.84. The number of nitrogens with two attached hydrogens (primary N) is 1. The summed E-state index contributed by atoms with van der Waals surface area (Å²) < 4.78 is 24.5. The van der Waals surface area contributed by atoms with E-state index in [0.717, 1.165) is 0 Å². The first-order valence-corrected chi connectivity index (χ1v) is 7.81. The number of carbonyl (C=O) groups is 1. The lowest BCUT2D eigenvalue weighted by Crippen LogP contribution is -2.11. The molecule has 0 fully saturated rings. The van der Waals surface area contributed by atoms with E-state index in [0.29, 0.717) is 6.42 Å². The molecule has 0 bridgehead atoms. The summed E-state index contributed by atoms with van der Waals surface area (Å²) in [7, 11) is 1.30. The molecule has 128 valence electrons. The third-order valence-electron chi connectivity index (χ3n) is 3.15. The molecule has 24 heavy (non-hydrogen) atoms. The van der Waals surface area contributed by atoms with E-state index in [9.17, 15) is 9.18 Å². The van der Waals surface area contributed by atoms with Gasteiger partial charge in [0.05, 0.1) is 35.1 Å². The fraction of sp³-hybridized carbons (Fsp3) is 0.250. The van der Waals surface area contributed by atoms with E-state index in [4.69, 9.17) is 38.4 Å². The van der Waals surface area contributed by atoms with Gasteiger partial charge in [0.25, 0.3) is 0 Å². The molecule has 0 aliphatic carbocycles. The second-order valence-corrected chi connectivity index (χ2v) is 5.62. The molecule has 2 rings (SSSR count). The predicted molar refractivity (Wildman–Crippen MR) is 91.2 cm³/mol. The number of benzene rings is 1. The number of nitrogen functional groups attached to an aromatic ring is 1. The van der Waals surface area contributed by atoms with Gasteiger partial charge >= 0.3 is 5.97 Å². The molecule has 1 heterocycles. The third-order valence-corrected chi connectivity index (χ3v) is 3.84. The Morgan fingerprint density at radius 3 is 2.71 bits per heavy atom. The van der Waals surface area contributed by atoms with Gasteiger partial charge in [-0.1, -0.05) is 30.1 Å². The summed E-state index contributed by atoms with van der Waals surface area (Å²) in [4.78, 5) is 16.2. The van der Waals surface area contributed by atoms with Gasteiger partial charge in [-0.15, -0.1) is 0 Å². The van der Waals surface area contributed by atoms with Crippen LogP contribution in [0.2, 0.25) is 10.0 Å². The minimum absolute atomic E-state index is 0.0406. The summed E-state index contributed by atoms with van der Waals surface area (Å²) in [5.41, 5.74) is 5.92. The number of aromatic nitrogens is 1. The van der Waals surface area contributed by atoms with Gasteiger partial charge in [-0.3, -0.25) is 0 Å². The molecule has 0 aliphatic heterocycles. The number of esters is 1. The third kappa shape index (κ3) is 3.55. The molecule has 1 aromatic carbocycles. The van der Waals surface area contributed by atoms with Crippen LogP contribution in [0.1, 0.15) is 23.8 Å². The van der Waals surface area contributed by atoms with Gasteiger partial charge in [0.1, 0.15) is 0 Å². The molecule has 2 aromatic rings. The van der Waals surface area contributed by atoms with Crippen molar-refractivity contribution in [1.29, 1.82) is 0 Å². The normalized spacial score (nSPS) is 10.5. The summed E-state index contributed by atoms with van der Waals surface area (Å²) in [6.45, 7) is 2.06. The summed E-state index contributed by atoms with van der Waals surface area (Å²) in [5.74, 6) is -1.57. The number of hydrogen-bond acceptors (Lipinski definition) is 5. The van der Waals surface area contributed by atoms with E-state index < -0.39 is 11.8 Å². The van der Waals surface area contributed by atoms with Crippen LogP contribution in [0.25, 0.3) is 11.3 Å². The Morgan fingerprint density at radius 2 is 2.08 bits per heavy atom. The van der Waals surface area contributed by atoms with Crippen molar-refractivity contribution in [2.24, 2.45) is 0 Å². The SMILES string of the molecule is CCCOC(=O)c1nc(-c2ccc(Cl)c(OC)c2F)cc(N)c1Cl. The van der Waals surface area contributed by atoms with Crippen LogP contribution in [0.15, 0.2) is 18.2 Å². The topological polar surface area (TPSA) is 74.4 Å². The highest BCUT2D eigenvalue weighted by Crippen LogP contribution is 2.36. The number of nitrogens with zero attached hydrogens (tertiary/aromatic N) is 1. The molecule has 0 radical (unpaired) electrons. The van der Waals surface area contributed by atoms with E-state index >= 15 is 0 Å². The predicted octanol–water partition coefficient (Wildman–Crippen LogP) is 4.35. The van der Waals surface area contributed by atoms with Crippen LogP contribution in [0.5, 0.6) is 5.75 Å². The number of carbonyl (C=O) groups excluding carboxylic acids is 1. The largest absolute Gasteiger partial charge is 0.492 e. The van der Waals surface area contributed by atoms with Crippen molar-refractivity contribution in [2.75, 3.05) is 19.5 Å². The van der Waals surface area contributed by atoms with Crippen LogP contribution >= 0.6 is 23.2 Å². The van der Waals surface area contributed by atoms with Crippen molar-refractivity contribution in [3.8, 4) is 17.0 Å². The van der Waals surface area contributed by atoms with E-state index in [2.05, 4.69) is 4.98 Å². The highest BCUT2D eigenvalue weighted by Gasteiger charge is 2.21. The molecule has 0 saturated heterocycles. The maximum atomic E-state index is 14.5. The Labute approximate surface area is 148 Å². The van der Waals surface area contributed by atoms with Crippen LogP contribution in [0, 0.1) is 5.82 Å². The molecule has 0 atom stereocenters. The summed E-state index contributed by atoms with van der Waals surface area (Å²) in [5, 5.41) is 0.0736. The van der Waals surface area contributed by atoms with E-state index in [1.54, 1.807) is 0 Å². The van der Waals surface area contributed by atoms with Gasteiger partial charge in [-0.25, -0.2) is 14.2 Å². The smallest absolute Gasteiger partial charge is 0.358 e. The fourth-order valence-electron chi connectivity index (χ4n) is 2.00. The van der Waals surface area contributed by atoms with Crippen LogP contribution in [-0.2, 0) is 4.74 Å². The average Bonchev–Trinajstić information content (AvgIpc) is 2.55. The monoisotopic (exact) mass is 372 g/mol. The van der Waals surface area contributed by atoms with Crippen LogP contribution in [0.4, 0.5) is 10.1 Å². The van der Waals surface area contributed by atoms with Crippen LogP contribution < -0.4 is 10.5 Å². The van der Waals surface area contributed by atoms with Gasteiger partial charge < -0.3 is 15.2 Å². The Kier molecular flexibility index (Phi) is 5.85. The van der Waals surface area contributed by atoms with Crippen molar-refractivity contribution in [2.45, 2.75) is 13.3 Å². The van der Waals surface area contributed by atoms with E-state index in [-0.39, 0.29) is 45.0 Å². The maximum absolute atomic E-state index is 14.5. The molecular weight excluding hydrogens is 358 g/mol. The minimum atomic E-state index is -0.725. The molecule has 0 saturated carbocycles. The summed E-state index contributed by atoms with van der Waals surface area (Å²) in [6, 6.07) is 4.24. The van der Waals surface area contributed by atoms with Crippen molar-refractivity contribution in [1.82, 2.24) is 4.98 Å². The molecule has 1 aromatic heterocycles. The van der Waals surface area contributed by atoms with Crippen LogP contribution in [-0.4, -0.2) is 24.7 Å². The lowest BCUT2D eigenvalue weighted by molar-refractivity contribution is 0.0498. The maximum Gasteiger partial charge on any atom is 0.358 e. The first-order valence-electron chi connectivity index (χ1n) is 7.06. The zero-order valence-electron chi connectivity index (χ0n) is 13.0. The lowest BCUT2D eigenvalue weighted by Gasteiger charge is -2.12. The first-order chi connectivity index (χ1) is 11.4. The van der Waals surface area contributed by atoms with E-state index in [1.165, 1.54) is 25.3 Å². The van der Waals surface area contributed by atoms with Crippen molar-refractivity contribution in [3.63, 3.8) is 0 Å². The number of ether oxygens (including phenoxy) is 2. The molecule has 8 heteroatoms. The molecule has 0 amide bonds. The second kappa shape index (κ2) is 7.68. The number of pyridine rings is 1. The van der Waals surface area contributed by atoms with Crippen LogP contribution in [0.3, 0.4) is 0 Å². The molecule has 2 N–H and O–H groups in total.